The average Bonchev–Trinajstić information content (AvgIpc) is 2.92. The average molecular weight is 279 g/mol. The second-order valence-electron chi connectivity index (χ2n) is 4.88. The lowest BCUT2D eigenvalue weighted by atomic mass is 10.2. The number of amides is 1. The molecule has 7 heteroatoms. The molecular weight excluding hydrogens is 262 g/mol. The first kappa shape index (κ1) is 14.2. The zero-order valence-electron chi connectivity index (χ0n) is 11.1. The highest BCUT2D eigenvalue weighted by Gasteiger charge is 2.28. The summed E-state index contributed by atoms with van der Waals surface area (Å²) in [4.78, 5) is 39.6. The van der Waals surface area contributed by atoms with Crippen LogP contribution in [0.3, 0.4) is 0 Å². The summed E-state index contributed by atoms with van der Waals surface area (Å²) in [5.41, 5.74) is -0.512. The molecule has 2 rings (SSSR count). The SMILES string of the molecule is O=C(O)CN(C(=O)Cn1cccnc1=O)C1CCCC1. The standard InChI is InChI=1S/C13H17N3O4/c17-11(8-15-7-3-6-14-13(15)20)16(9-12(18)19)10-4-1-2-5-10/h3,6-7,10H,1-2,4-5,8-9H2,(H,18,19). The summed E-state index contributed by atoms with van der Waals surface area (Å²) in [5, 5.41) is 8.94. The second kappa shape index (κ2) is 6.31. The number of hydrogen-bond acceptors (Lipinski definition) is 4. The number of carboxylic acids is 1. The fourth-order valence-electron chi connectivity index (χ4n) is 2.53. The van der Waals surface area contributed by atoms with Crippen molar-refractivity contribution in [2.45, 2.75) is 38.3 Å². The van der Waals surface area contributed by atoms with Gasteiger partial charge in [-0.3, -0.25) is 14.2 Å². The predicted molar refractivity (Wildman–Crippen MR) is 70.1 cm³/mol. The Bertz CT molecular complexity index is 549. The van der Waals surface area contributed by atoms with Gasteiger partial charge in [0, 0.05) is 18.4 Å². The van der Waals surface area contributed by atoms with Gasteiger partial charge >= 0.3 is 11.7 Å². The van der Waals surface area contributed by atoms with E-state index in [9.17, 15) is 14.4 Å². The number of aromatic nitrogens is 2. The third-order valence-electron chi connectivity index (χ3n) is 3.48. The minimum absolute atomic E-state index is 0.0361. The lowest BCUT2D eigenvalue weighted by Gasteiger charge is -2.27. The number of carbonyl (C=O) groups is 2. The van der Waals surface area contributed by atoms with Crippen molar-refractivity contribution in [1.29, 1.82) is 0 Å². The van der Waals surface area contributed by atoms with E-state index in [1.54, 1.807) is 6.07 Å². The van der Waals surface area contributed by atoms with Crippen molar-refractivity contribution in [3.05, 3.63) is 28.9 Å². The van der Waals surface area contributed by atoms with Gasteiger partial charge in [0.15, 0.2) is 0 Å². The van der Waals surface area contributed by atoms with Crippen molar-refractivity contribution in [2.24, 2.45) is 0 Å². The monoisotopic (exact) mass is 279 g/mol. The van der Waals surface area contributed by atoms with E-state index in [2.05, 4.69) is 4.98 Å². The van der Waals surface area contributed by atoms with Gasteiger partial charge in [-0.2, -0.15) is 0 Å². The van der Waals surface area contributed by atoms with Crippen LogP contribution in [0.15, 0.2) is 23.3 Å². The molecule has 0 aromatic carbocycles. The van der Waals surface area contributed by atoms with Gasteiger partial charge in [-0.15, -0.1) is 0 Å². The first-order valence-electron chi connectivity index (χ1n) is 6.60. The maximum Gasteiger partial charge on any atom is 0.347 e. The van der Waals surface area contributed by atoms with E-state index in [0.717, 1.165) is 25.7 Å². The van der Waals surface area contributed by atoms with E-state index in [1.165, 1.54) is 21.9 Å². The molecule has 1 fully saturated rings. The van der Waals surface area contributed by atoms with E-state index < -0.39 is 11.7 Å². The normalized spacial score (nSPS) is 15.2. The minimum Gasteiger partial charge on any atom is -0.480 e. The fraction of sp³-hybridized carbons (Fsp3) is 0.538. The summed E-state index contributed by atoms with van der Waals surface area (Å²) in [5.74, 6) is -1.39. The molecule has 1 amide bonds. The summed E-state index contributed by atoms with van der Waals surface area (Å²) in [7, 11) is 0. The third-order valence-corrected chi connectivity index (χ3v) is 3.48. The zero-order chi connectivity index (χ0) is 14.5. The summed E-state index contributed by atoms with van der Waals surface area (Å²) < 4.78 is 1.19. The summed E-state index contributed by atoms with van der Waals surface area (Å²) >= 11 is 0. The molecule has 1 aromatic heterocycles. The Balaban J connectivity index is 2.11. The first-order valence-corrected chi connectivity index (χ1v) is 6.60. The van der Waals surface area contributed by atoms with Gasteiger partial charge in [0.05, 0.1) is 0 Å². The second-order valence-corrected chi connectivity index (χ2v) is 4.88. The number of rotatable bonds is 5. The third kappa shape index (κ3) is 3.43. The number of carbonyl (C=O) groups excluding carboxylic acids is 1. The van der Waals surface area contributed by atoms with Crippen LogP contribution in [-0.4, -0.2) is 44.0 Å². The Kier molecular flexibility index (Phi) is 4.49. The molecule has 0 spiro atoms. The van der Waals surface area contributed by atoms with Crippen molar-refractivity contribution in [3.63, 3.8) is 0 Å². The highest BCUT2D eigenvalue weighted by Crippen LogP contribution is 2.23. The van der Waals surface area contributed by atoms with Gasteiger partial charge < -0.3 is 10.0 Å². The Morgan fingerprint density at radius 3 is 2.70 bits per heavy atom. The smallest absolute Gasteiger partial charge is 0.347 e. The molecule has 7 nitrogen and oxygen atoms in total. The molecule has 0 radical (unpaired) electrons. The highest BCUT2D eigenvalue weighted by molar-refractivity contribution is 5.81. The van der Waals surface area contributed by atoms with E-state index in [1.807, 2.05) is 0 Å². The molecule has 108 valence electrons. The van der Waals surface area contributed by atoms with Crippen LogP contribution in [0.2, 0.25) is 0 Å². The van der Waals surface area contributed by atoms with Crippen LogP contribution in [0.5, 0.6) is 0 Å². The maximum absolute atomic E-state index is 12.3. The number of nitrogens with zero attached hydrogens (tertiary/aromatic N) is 3. The molecule has 1 aromatic rings. The Morgan fingerprint density at radius 1 is 1.40 bits per heavy atom. The van der Waals surface area contributed by atoms with Crippen LogP contribution in [0, 0.1) is 0 Å². The van der Waals surface area contributed by atoms with Gasteiger partial charge in [-0.1, -0.05) is 12.8 Å². The van der Waals surface area contributed by atoms with Gasteiger partial charge in [0.2, 0.25) is 5.91 Å². The lowest BCUT2D eigenvalue weighted by Crippen LogP contribution is -2.45. The van der Waals surface area contributed by atoms with Crippen molar-refractivity contribution in [1.82, 2.24) is 14.5 Å². The summed E-state index contributed by atoms with van der Waals surface area (Å²) in [6.07, 6.45) is 6.47. The Hall–Kier alpha value is -2.18. The van der Waals surface area contributed by atoms with Gasteiger partial charge in [0.1, 0.15) is 13.1 Å². The molecule has 0 bridgehead atoms. The van der Waals surface area contributed by atoms with Crippen molar-refractivity contribution in [2.75, 3.05) is 6.54 Å². The molecule has 0 saturated heterocycles. The fourth-order valence-corrected chi connectivity index (χ4v) is 2.53. The first-order chi connectivity index (χ1) is 9.58. The zero-order valence-corrected chi connectivity index (χ0v) is 11.1. The van der Waals surface area contributed by atoms with E-state index in [4.69, 9.17) is 5.11 Å². The molecule has 0 atom stereocenters. The molecule has 1 aliphatic carbocycles. The maximum atomic E-state index is 12.3. The molecule has 0 aliphatic heterocycles. The van der Waals surface area contributed by atoms with E-state index in [0.29, 0.717) is 0 Å². The molecule has 0 unspecified atom stereocenters. The van der Waals surface area contributed by atoms with Gasteiger partial charge in [0.25, 0.3) is 0 Å². The molecular formula is C13H17N3O4. The molecule has 1 aliphatic rings. The molecule has 1 heterocycles. The summed E-state index contributed by atoms with van der Waals surface area (Å²) in [6.45, 7) is -0.491. The van der Waals surface area contributed by atoms with Crippen LogP contribution in [0.25, 0.3) is 0 Å². The number of carboxylic acid groups (broad SMARTS) is 1. The molecule has 20 heavy (non-hydrogen) atoms. The molecule has 1 N–H and O–H groups in total. The topological polar surface area (TPSA) is 92.5 Å². The predicted octanol–water partition coefficient (Wildman–Crippen LogP) is 0.0991. The minimum atomic E-state index is -1.04. The van der Waals surface area contributed by atoms with E-state index >= 15 is 0 Å². The van der Waals surface area contributed by atoms with Crippen LogP contribution in [0.4, 0.5) is 0 Å². The van der Waals surface area contributed by atoms with Crippen LogP contribution < -0.4 is 5.69 Å². The Labute approximate surface area is 115 Å². The van der Waals surface area contributed by atoms with Crippen molar-refractivity contribution >= 4 is 11.9 Å². The van der Waals surface area contributed by atoms with E-state index in [-0.39, 0.29) is 25.0 Å². The summed E-state index contributed by atoms with van der Waals surface area (Å²) in [6, 6.07) is 1.53. The largest absolute Gasteiger partial charge is 0.480 e. The van der Waals surface area contributed by atoms with Crippen LogP contribution in [0.1, 0.15) is 25.7 Å². The quantitative estimate of drug-likeness (QED) is 0.825. The van der Waals surface area contributed by atoms with Crippen LogP contribution >= 0.6 is 0 Å². The van der Waals surface area contributed by atoms with Crippen molar-refractivity contribution < 1.29 is 14.7 Å². The van der Waals surface area contributed by atoms with Crippen molar-refractivity contribution in [3.8, 4) is 0 Å². The number of hydrogen-bond donors (Lipinski definition) is 1. The van der Waals surface area contributed by atoms with Gasteiger partial charge in [-0.25, -0.2) is 9.78 Å². The highest BCUT2D eigenvalue weighted by atomic mass is 16.4. The lowest BCUT2D eigenvalue weighted by molar-refractivity contribution is -0.146. The number of aliphatic carboxylic acids is 1. The molecule has 1 saturated carbocycles. The Morgan fingerprint density at radius 2 is 2.10 bits per heavy atom. The van der Waals surface area contributed by atoms with Crippen LogP contribution in [-0.2, 0) is 16.1 Å². The van der Waals surface area contributed by atoms with Gasteiger partial charge in [-0.05, 0) is 18.9 Å².